The van der Waals surface area contributed by atoms with Gasteiger partial charge in [0.25, 0.3) is 15.9 Å². The van der Waals surface area contributed by atoms with Crippen LogP contribution in [0.5, 0.6) is 0 Å². The first kappa shape index (κ1) is 40.2. The minimum atomic E-state index is -4.49. The van der Waals surface area contributed by atoms with Crippen molar-refractivity contribution in [2.45, 2.75) is 126 Å². The van der Waals surface area contributed by atoms with Crippen LogP contribution >= 0.6 is 11.6 Å². The van der Waals surface area contributed by atoms with Gasteiger partial charge in [0.05, 0.1) is 13.1 Å². The van der Waals surface area contributed by atoms with Gasteiger partial charge in [-0.15, -0.1) is 0 Å². The number of hydrogen-bond donors (Lipinski definition) is 3. The Morgan fingerprint density at radius 2 is 1.76 bits per heavy atom. The Hall–Kier alpha value is -4.51. The number of aromatic nitrogens is 1. The second-order valence-corrected chi connectivity index (χ2v) is 17.6. The quantitative estimate of drug-likeness (QED) is 0.367. The molecule has 18 heteroatoms. The normalized spacial score (nSPS) is 26.0. The topological polar surface area (TPSA) is 193 Å². The van der Waals surface area contributed by atoms with Crippen molar-refractivity contribution in [1.29, 1.82) is 0 Å². The van der Waals surface area contributed by atoms with Crippen LogP contribution in [0.15, 0.2) is 41.4 Å². The van der Waals surface area contributed by atoms with Gasteiger partial charge in [0.15, 0.2) is 0 Å². The molecule has 0 unspecified atom stereocenters. The van der Waals surface area contributed by atoms with Gasteiger partial charge in [-0.2, -0.15) is 0 Å². The maximum Gasteiger partial charge on any atom is 0.410 e. The molecule has 0 bridgehead atoms. The molecule has 5 amide bonds. The van der Waals surface area contributed by atoms with Crippen LogP contribution in [0.1, 0.15) is 89.7 Å². The summed E-state index contributed by atoms with van der Waals surface area (Å²) in [5.74, 6) is -3.19. The molecule has 3 N–H and O–H groups in total. The molecule has 1 aliphatic carbocycles. The Kier molecular flexibility index (Phi) is 11.6. The Morgan fingerprint density at radius 1 is 1.04 bits per heavy atom. The number of benzene rings is 1. The predicted molar refractivity (Wildman–Crippen MR) is 195 cm³/mol. The summed E-state index contributed by atoms with van der Waals surface area (Å²) >= 11 is 6.04. The molecule has 298 valence electrons. The van der Waals surface area contributed by atoms with Gasteiger partial charge in [0, 0.05) is 24.7 Å². The van der Waals surface area contributed by atoms with E-state index in [2.05, 4.69) is 20.3 Å². The molecule has 15 nitrogen and oxygen atoms in total. The van der Waals surface area contributed by atoms with E-state index in [4.69, 9.17) is 21.1 Å². The fourth-order valence-electron chi connectivity index (χ4n) is 7.59. The van der Waals surface area contributed by atoms with Crippen LogP contribution in [0.25, 0.3) is 0 Å². The van der Waals surface area contributed by atoms with Crippen LogP contribution < -0.4 is 15.4 Å². The van der Waals surface area contributed by atoms with Gasteiger partial charge in [-0.3, -0.25) is 19.3 Å². The Labute approximate surface area is 324 Å². The van der Waals surface area contributed by atoms with E-state index in [0.717, 1.165) is 19.3 Å². The molecule has 0 radical (unpaired) electrons. The molecule has 1 aromatic heterocycles. The summed E-state index contributed by atoms with van der Waals surface area (Å²) in [4.78, 5) is 74.9. The number of sulfonamides is 1. The number of halogens is 2. The number of pyridine rings is 1. The minimum Gasteiger partial charge on any atom is -0.444 e. The maximum absolute atomic E-state index is 14.5. The number of amides is 5. The van der Waals surface area contributed by atoms with E-state index in [1.807, 2.05) is 0 Å². The molecule has 0 spiro atoms. The zero-order valence-corrected chi connectivity index (χ0v) is 32.5. The van der Waals surface area contributed by atoms with Crippen molar-refractivity contribution < 1.29 is 46.3 Å². The zero-order chi connectivity index (χ0) is 39.7. The highest BCUT2D eigenvalue weighted by molar-refractivity contribution is 7.90. The summed E-state index contributed by atoms with van der Waals surface area (Å²) in [5.41, 5.74) is -1.47. The number of rotatable bonds is 5. The SMILES string of the molecule is CC(C)(C)OC(=O)N[C@H]1CCCCCCC[C@@H]2C[C@@]2(C(=O)NS(=O)(=O)c2cccnc2Cl)NC(=O)[C@@H]2C[C@@H](OC(=O)N3Cc4cccc(F)c4C3)CN2C1=O. The standard InChI is InChI=1S/C37H46ClFN6O9S/c1-36(2,3)54-34(49)41-27-14-8-6-4-5-7-12-23-18-37(23,33(48)43-55(51,52)29-15-10-16-40-30(29)38)42-31(46)28-17-24(20-45(28)32(27)47)53-35(50)44-19-22-11-9-13-26(39)25(22)21-44/h9-11,13,15-16,23-24,27-28H,4-8,12,14,17-21H2,1-3H3,(H,41,49)(H,42,46)(H,43,48)/t23-,24-,27+,28+,37-/m1/s1. The number of fused-ring (bicyclic) bond motifs is 3. The van der Waals surface area contributed by atoms with Gasteiger partial charge >= 0.3 is 12.2 Å². The van der Waals surface area contributed by atoms with Crippen molar-refractivity contribution in [3.63, 3.8) is 0 Å². The summed E-state index contributed by atoms with van der Waals surface area (Å²) in [6, 6.07) is 4.76. The maximum atomic E-state index is 14.5. The van der Waals surface area contributed by atoms with E-state index in [1.54, 1.807) is 32.9 Å². The summed E-state index contributed by atoms with van der Waals surface area (Å²) in [6.07, 6.45) is 3.08. The lowest BCUT2D eigenvalue weighted by atomic mass is 10.0. The average molecular weight is 805 g/mol. The van der Waals surface area contributed by atoms with Crippen LogP contribution in [0, 0.1) is 11.7 Å². The molecule has 2 aromatic rings. The first-order chi connectivity index (χ1) is 26.0. The van der Waals surface area contributed by atoms with Crippen molar-refractivity contribution in [2.24, 2.45) is 5.92 Å². The summed E-state index contributed by atoms with van der Waals surface area (Å²) in [5, 5.41) is 5.12. The molecule has 55 heavy (non-hydrogen) atoms. The molecule has 1 aromatic carbocycles. The van der Waals surface area contributed by atoms with E-state index in [1.165, 1.54) is 34.2 Å². The van der Waals surface area contributed by atoms with Crippen molar-refractivity contribution in [2.75, 3.05) is 6.54 Å². The van der Waals surface area contributed by atoms with E-state index in [9.17, 15) is 36.8 Å². The molecule has 6 rings (SSSR count). The lowest BCUT2D eigenvalue weighted by molar-refractivity contribution is -0.141. The second kappa shape index (κ2) is 15.9. The Morgan fingerprint density at radius 3 is 2.47 bits per heavy atom. The number of nitrogens with zero attached hydrogens (tertiary/aromatic N) is 3. The largest absolute Gasteiger partial charge is 0.444 e. The number of alkyl carbamates (subject to hydrolysis) is 1. The number of hydrogen-bond acceptors (Lipinski definition) is 10. The van der Waals surface area contributed by atoms with Gasteiger partial charge in [-0.25, -0.2) is 32.1 Å². The fourth-order valence-corrected chi connectivity index (χ4v) is 9.08. The molecular formula is C37H46ClFN6O9S. The summed E-state index contributed by atoms with van der Waals surface area (Å²) < 4.78 is 54.4. The highest BCUT2D eigenvalue weighted by atomic mass is 35.5. The molecular weight excluding hydrogens is 759 g/mol. The summed E-state index contributed by atoms with van der Waals surface area (Å²) in [6.45, 7) is 4.93. The van der Waals surface area contributed by atoms with Crippen molar-refractivity contribution in [3.05, 3.63) is 58.6 Å². The third-order valence-electron chi connectivity index (χ3n) is 10.4. The number of carbonyl (C=O) groups is 5. The van der Waals surface area contributed by atoms with Gasteiger partial charge in [0.1, 0.15) is 45.2 Å². The Bertz CT molecular complexity index is 1960. The number of ether oxygens (including phenoxy) is 2. The third-order valence-corrected chi connectivity index (χ3v) is 12.2. The predicted octanol–water partition coefficient (Wildman–Crippen LogP) is 4.31. The fraction of sp³-hybridized carbons (Fsp3) is 0.568. The minimum absolute atomic E-state index is 0.0197. The van der Waals surface area contributed by atoms with Crippen molar-refractivity contribution >= 4 is 51.5 Å². The van der Waals surface area contributed by atoms with Gasteiger partial charge in [0.2, 0.25) is 11.8 Å². The van der Waals surface area contributed by atoms with E-state index in [-0.39, 0.29) is 44.0 Å². The van der Waals surface area contributed by atoms with Crippen LogP contribution in [-0.2, 0) is 47.0 Å². The molecule has 1 saturated carbocycles. The summed E-state index contributed by atoms with van der Waals surface area (Å²) in [7, 11) is -4.49. The zero-order valence-electron chi connectivity index (χ0n) is 30.9. The van der Waals surface area contributed by atoms with Crippen molar-refractivity contribution in [3.8, 4) is 0 Å². The smallest absolute Gasteiger partial charge is 0.410 e. The highest BCUT2D eigenvalue weighted by Crippen LogP contribution is 2.48. The monoisotopic (exact) mass is 804 g/mol. The molecule has 3 aliphatic heterocycles. The van der Waals surface area contributed by atoms with E-state index >= 15 is 0 Å². The van der Waals surface area contributed by atoms with Crippen LogP contribution in [-0.4, -0.2) is 89.0 Å². The number of carbonyl (C=O) groups excluding carboxylic acids is 5. The lowest BCUT2D eigenvalue weighted by Gasteiger charge is -2.30. The molecule has 3 fully saturated rings. The van der Waals surface area contributed by atoms with Crippen molar-refractivity contribution in [1.82, 2.24) is 30.1 Å². The number of nitrogens with one attached hydrogen (secondary N) is 3. The van der Waals surface area contributed by atoms with E-state index < -0.39 is 85.9 Å². The van der Waals surface area contributed by atoms with Gasteiger partial charge in [-0.05, 0) is 69.7 Å². The molecule has 5 atom stereocenters. The third kappa shape index (κ3) is 9.14. The average Bonchev–Trinajstić information content (AvgIpc) is 3.40. The van der Waals surface area contributed by atoms with Crippen LogP contribution in [0.4, 0.5) is 14.0 Å². The molecule has 4 heterocycles. The first-order valence-electron chi connectivity index (χ1n) is 18.5. The first-order valence-corrected chi connectivity index (χ1v) is 20.3. The van der Waals surface area contributed by atoms with Gasteiger partial charge < -0.3 is 25.0 Å². The molecule has 4 aliphatic rings. The lowest BCUT2D eigenvalue weighted by Crippen LogP contribution is -2.58. The molecule has 2 saturated heterocycles. The van der Waals surface area contributed by atoms with Crippen LogP contribution in [0.2, 0.25) is 5.15 Å². The van der Waals surface area contributed by atoms with Crippen LogP contribution in [0.3, 0.4) is 0 Å². The van der Waals surface area contributed by atoms with E-state index in [0.29, 0.717) is 30.4 Å². The highest BCUT2D eigenvalue weighted by Gasteiger charge is 2.62. The Balaban J connectivity index is 1.26. The second-order valence-electron chi connectivity index (χ2n) is 15.6. The van der Waals surface area contributed by atoms with Gasteiger partial charge in [-0.1, -0.05) is 55.8 Å².